The van der Waals surface area contributed by atoms with Gasteiger partial charge in [-0.05, 0) is 73.2 Å². The molecule has 9 heteroatoms. The van der Waals surface area contributed by atoms with E-state index in [1.54, 1.807) is 66.7 Å². The highest BCUT2D eigenvalue weighted by molar-refractivity contribution is 7.92. The first-order valence-electron chi connectivity index (χ1n) is 9.90. The molecular formula is C23H23N3O4S2. The number of hydrogen-bond acceptors (Lipinski definition) is 5. The fraction of sp³-hybridized carbons (Fsp3) is 0.130. The molecule has 3 N–H and O–H groups in total. The topological polar surface area (TPSA) is 96.5 Å². The van der Waals surface area contributed by atoms with Crippen molar-refractivity contribution in [3.63, 3.8) is 0 Å². The third kappa shape index (κ3) is 6.53. The first kappa shape index (κ1) is 23.2. The first-order chi connectivity index (χ1) is 15.4. The van der Waals surface area contributed by atoms with E-state index in [0.29, 0.717) is 29.3 Å². The lowest BCUT2D eigenvalue weighted by molar-refractivity contribution is 0.0977. The summed E-state index contributed by atoms with van der Waals surface area (Å²) in [5.41, 5.74) is 1.42. The Morgan fingerprint density at radius 1 is 0.938 bits per heavy atom. The molecule has 0 aliphatic rings. The van der Waals surface area contributed by atoms with Gasteiger partial charge >= 0.3 is 0 Å². The van der Waals surface area contributed by atoms with Crippen molar-refractivity contribution in [1.29, 1.82) is 0 Å². The lowest BCUT2D eigenvalue weighted by Gasteiger charge is -2.12. The van der Waals surface area contributed by atoms with Crippen LogP contribution in [0.25, 0.3) is 0 Å². The fourth-order valence-electron chi connectivity index (χ4n) is 2.72. The number of sulfonamides is 1. The van der Waals surface area contributed by atoms with E-state index in [-0.39, 0.29) is 15.9 Å². The van der Waals surface area contributed by atoms with Crippen LogP contribution in [0.3, 0.4) is 0 Å². The molecule has 0 atom stereocenters. The minimum atomic E-state index is -3.72. The van der Waals surface area contributed by atoms with Gasteiger partial charge in [0.1, 0.15) is 5.75 Å². The lowest BCUT2D eigenvalue weighted by Crippen LogP contribution is -2.34. The second-order valence-electron chi connectivity index (χ2n) is 6.78. The number of ether oxygens (including phenoxy) is 1. The molecule has 1 amide bonds. The maximum atomic E-state index is 12.5. The van der Waals surface area contributed by atoms with E-state index in [4.69, 9.17) is 17.0 Å². The second-order valence-corrected chi connectivity index (χ2v) is 8.87. The maximum absolute atomic E-state index is 12.5. The Kier molecular flexibility index (Phi) is 7.80. The van der Waals surface area contributed by atoms with Crippen LogP contribution in [0.2, 0.25) is 0 Å². The molecule has 0 fully saturated rings. The number of rotatable bonds is 8. The van der Waals surface area contributed by atoms with E-state index in [1.807, 2.05) is 6.92 Å². The van der Waals surface area contributed by atoms with E-state index >= 15 is 0 Å². The van der Waals surface area contributed by atoms with Crippen molar-refractivity contribution < 1.29 is 17.9 Å². The molecule has 0 aliphatic carbocycles. The smallest absolute Gasteiger partial charge is 0.261 e. The molecule has 3 aromatic carbocycles. The van der Waals surface area contributed by atoms with Gasteiger partial charge in [0.25, 0.3) is 15.9 Å². The Labute approximate surface area is 192 Å². The summed E-state index contributed by atoms with van der Waals surface area (Å²) in [7, 11) is -3.72. The Morgan fingerprint density at radius 2 is 1.66 bits per heavy atom. The zero-order valence-corrected chi connectivity index (χ0v) is 19.0. The molecule has 3 rings (SSSR count). The van der Waals surface area contributed by atoms with E-state index in [1.165, 1.54) is 12.1 Å². The normalized spacial score (nSPS) is 10.8. The number of amides is 1. The molecule has 7 nitrogen and oxygen atoms in total. The average Bonchev–Trinajstić information content (AvgIpc) is 2.78. The van der Waals surface area contributed by atoms with Gasteiger partial charge in [-0.2, -0.15) is 0 Å². The quantitative estimate of drug-likeness (QED) is 0.423. The molecule has 0 spiro atoms. The molecule has 0 saturated heterocycles. The van der Waals surface area contributed by atoms with Crippen molar-refractivity contribution in [1.82, 2.24) is 5.32 Å². The van der Waals surface area contributed by atoms with Crippen molar-refractivity contribution in [2.45, 2.75) is 18.2 Å². The van der Waals surface area contributed by atoms with Crippen molar-refractivity contribution in [3.8, 4) is 5.75 Å². The molecule has 3 aromatic rings. The van der Waals surface area contributed by atoms with Gasteiger partial charge in [0, 0.05) is 16.9 Å². The highest BCUT2D eigenvalue weighted by Gasteiger charge is 2.14. The standard InChI is InChI=1S/C23H23N3O4S2/c1-2-15-30-20-10-6-7-17(16-20)22(27)25-23(31)24-18-11-13-21(14-12-18)32(28,29)26-19-8-4-3-5-9-19/h3-14,16,26H,2,15H2,1H3,(H2,24,25,27,31). The van der Waals surface area contributed by atoms with Gasteiger partial charge < -0.3 is 10.1 Å². The Bertz CT molecular complexity index is 1180. The summed E-state index contributed by atoms with van der Waals surface area (Å²) < 4.78 is 33.1. The Morgan fingerprint density at radius 3 is 2.34 bits per heavy atom. The lowest BCUT2D eigenvalue weighted by atomic mass is 10.2. The van der Waals surface area contributed by atoms with Crippen molar-refractivity contribution in [3.05, 3.63) is 84.4 Å². The molecule has 0 unspecified atom stereocenters. The average molecular weight is 470 g/mol. The summed E-state index contributed by atoms with van der Waals surface area (Å²) >= 11 is 5.20. The molecule has 0 saturated carbocycles. The number of benzene rings is 3. The van der Waals surface area contributed by atoms with E-state index in [2.05, 4.69) is 15.4 Å². The van der Waals surface area contributed by atoms with Gasteiger partial charge in [-0.1, -0.05) is 31.2 Å². The first-order valence-corrected chi connectivity index (χ1v) is 11.8. The van der Waals surface area contributed by atoms with E-state index in [9.17, 15) is 13.2 Å². The van der Waals surface area contributed by atoms with Crippen LogP contribution in [-0.2, 0) is 10.0 Å². The third-order valence-corrected chi connectivity index (χ3v) is 5.85. The van der Waals surface area contributed by atoms with Crippen LogP contribution in [-0.4, -0.2) is 26.0 Å². The van der Waals surface area contributed by atoms with Crippen LogP contribution in [0.5, 0.6) is 5.75 Å². The van der Waals surface area contributed by atoms with Crippen LogP contribution in [0.4, 0.5) is 11.4 Å². The maximum Gasteiger partial charge on any atom is 0.261 e. The highest BCUT2D eigenvalue weighted by atomic mass is 32.2. The summed E-state index contributed by atoms with van der Waals surface area (Å²) in [4.78, 5) is 12.6. The number of anilines is 2. The largest absolute Gasteiger partial charge is 0.494 e. The van der Waals surface area contributed by atoms with Crippen LogP contribution in [0.1, 0.15) is 23.7 Å². The van der Waals surface area contributed by atoms with Gasteiger partial charge in [0.15, 0.2) is 5.11 Å². The molecule has 0 heterocycles. The van der Waals surface area contributed by atoms with Crippen LogP contribution in [0.15, 0.2) is 83.8 Å². The van der Waals surface area contributed by atoms with Gasteiger partial charge in [-0.25, -0.2) is 8.42 Å². The third-order valence-electron chi connectivity index (χ3n) is 4.24. The highest BCUT2D eigenvalue weighted by Crippen LogP contribution is 2.18. The predicted molar refractivity (Wildman–Crippen MR) is 130 cm³/mol. The molecule has 0 bridgehead atoms. The second kappa shape index (κ2) is 10.7. The number of para-hydroxylation sites is 1. The van der Waals surface area contributed by atoms with Crippen molar-refractivity contribution in [2.75, 3.05) is 16.6 Å². The van der Waals surface area contributed by atoms with Crippen LogP contribution in [0, 0.1) is 0 Å². The summed E-state index contributed by atoms with van der Waals surface area (Å²) in [6.07, 6.45) is 0.868. The molecule has 0 radical (unpaired) electrons. The Hall–Kier alpha value is -3.43. The van der Waals surface area contributed by atoms with Crippen LogP contribution >= 0.6 is 12.2 Å². The van der Waals surface area contributed by atoms with Crippen LogP contribution < -0.4 is 20.1 Å². The monoisotopic (exact) mass is 469 g/mol. The van der Waals surface area contributed by atoms with Crippen molar-refractivity contribution in [2.24, 2.45) is 0 Å². The van der Waals surface area contributed by atoms with Gasteiger partial charge in [0.05, 0.1) is 11.5 Å². The van der Waals surface area contributed by atoms with Gasteiger partial charge in [-0.15, -0.1) is 0 Å². The number of hydrogen-bond donors (Lipinski definition) is 3. The zero-order valence-electron chi connectivity index (χ0n) is 17.4. The minimum absolute atomic E-state index is 0.0906. The SMILES string of the molecule is CCCOc1cccc(C(=O)NC(=S)Nc2ccc(S(=O)(=O)Nc3ccccc3)cc2)c1. The number of carbonyl (C=O) groups excluding carboxylic acids is 1. The number of carbonyl (C=O) groups is 1. The summed E-state index contributed by atoms with van der Waals surface area (Å²) in [5.74, 6) is 0.231. The predicted octanol–water partition coefficient (Wildman–Crippen LogP) is 4.40. The Balaban J connectivity index is 1.59. The number of thiocarbonyl (C=S) groups is 1. The molecule has 0 aromatic heterocycles. The van der Waals surface area contributed by atoms with E-state index in [0.717, 1.165) is 6.42 Å². The van der Waals surface area contributed by atoms with Gasteiger partial charge in [0.2, 0.25) is 0 Å². The number of nitrogens with one attached hydrogen (secondary N) is 3. The van der Waals surface area contributed by atoms with Crippen molar-refractivity contribution >= 4 is 44.6 Å². The van der Waals surface area contributed by atoms with Gasteiger partial charge in [-0.3, -0.25) is 14.8 Å². The molecular weight excluding hydrogens is 446 g/mol. The summed E-state index contributed by atoms with van der Waals surface area (Å²) in [5, 5.41) is 5.56. The minimum Gasteiger partial charge on any atom is -0.494 e. The summed E-state index contributed by atoms with van der Waals surface area (Å²) in [6.45, 7) is 2.57. The molecule has 0 aliphatic heterocycles. The van der Waals surface area contributed by atoms with E-state index < -0.39 is 10.0 Å². The molecule has 32 heavy (non-hydrogen) atoms. The fourth-order valence-corrected chi connectivity index (χ4v) is 3.99. The summed E-state index contributed by atoms with van der Waals surface area (Å²) in [6, 6.07) is 21.5. The zero-order chi connectivity index (χ0) is 23.0. The molecule has 166 valence electrons.